The number of hydrogen-bond acceptors (Lipinski definition) is 2. The van der Waals surface area contributed by atoms with Crippen LogP contribution in [0.2, 0.25) is 0 Å². The average molecular weight is 428 g/mol. The Bertz CT molecular complexity index is 638. The quantitative estimate of drug-likeness (QED) is 0.135. The number of rotatable bonds is 20. The predicted octanol–water partition coefficient (Wildman–Crippen LogP) is 6.89. The molecule has 0 spiro atoms. The van der Waals surface area contributed by atoms with Gasteiger partial charge < -0.3 is 5.32 Å². The number of H-pyrrole nitrogens is 1. The molecular weight excluding hydrogens is 380 g/mol. The van der Waals surface area contributed by atoms with Crippen molar-refractivity contribution < 1.29 is 4.57 Å². The normalized spacial score (nSPS) is 12.2. The van der Waals surface area contributed by atoms with Gasteiger partial charge in [-0.05, 0) is 38.3 Å². The maximum absolute atomic E-state index is 8.55. The highest BCUT2D eigenvalue weighted by atomic mass is 15.0. The molecule has 4 nitrogen and oxygen atoms in total. The number of aryl methyl sites for hydroxylation is 2. The summed E-state index contributed by atoms with van der Waals surface area (Å²) < 4.78 is 2.31. The number of aromatic nitrogens is 2. The van der Waals surface area contributed by atoms with Crippen molar-refractivity contribution in [2.45, 2.75) is 110 Å². The summed E-state index contributed by atoms with van der Waals surface area (Å²) in [5, 5.41) is 11.7. The first-order chi connectivity index (χ1) is 15.1. The smallest absolute Gasteiger partial charge is 0.251 e. The second-order valence-corrected chi connectivity index (χ2v) is 8.94. The fourth-order valence-corrected chi connectivity index (χ4v) is 4.00. The fourth-order valence-electron chi connectivity index (χ4n) is 4.00. The van der Waals surface area contributed by atoms with Crippen molar-refractivity contribution in [1.82, 2.24) is 10.3 Å². The van der Waals surface area contributed by atoms with Crippen LogP contribution in [0.25, 0.3) is 0 Å². The molecule has 0 amide bonds. The van der Waals surface area contributed by atoms with Gasteiger partial charge in [-0.2, -0.15) is 5.26 Å². The van der Waals surface area contributed by atoms with E-state index in [1.165, 1.54) is 94.9 Å². The van der Waals surface area contributed by atoms with Crippen molar-refractivity contribution in [3.63, 3.8) is 0 Å². The maximum atomic E-state index is 8.55. The standard InChI is InChI=1S/C27H46N4/c1-25(2)27(18-21-29-20-16-19-28)17-14-12-10-8-6-4-5-7-9-11-13-15-23-31-24-22-30-26(31)3/h18,21-22,24,27,29H,1,4-17,20,23H2,2-3H3/p+1/b21-18-. The Balaban J connectivity index is 1.87. The van der Waals surface area contributed by atoms with Gasteiger partial charge in [-0.25, -0.2) is 9.55 Å². The van der Waals surface area contributed by atoms with Crippen molar-refractivity contribution in [2.24, 2.45) is 5.92 Å². The van der Waals surface area contributed by atoms with Gasteiger partial charge in [0.15, 0.2) is 0 Å². The summed E-state index contributed by atoms with van der Waals surface area (Å²) in [4.78, 5) is 3.23. The molecule has 1 atom stereocenters. The van der Waals surface area contributed by atoms with E-state index in [2.05, 4.69) is 53.6 Å². The van der Waals surface area contributed by atoms with Gasteiger partial charge in [0.05, 0.1) is 19.0 Å². The zero-order chi connectivity index (χ0) is 22.6. The first kappa shape index (κ1) is 27.0. The molecule has 31 heavy (non-hydrogen) atoms. The molecule has 4 heteroatoms. The molecule has 0 saturated heterocycles. The summed E-state index contributed by atoms with van der Waals surface area (Å²) in [7, 11) is 0. The third-order valence-corrected chi connectivity index (χ3v) is 6.10. The van der Waals surface area contributed by atoms with E-state index in [0.717, 1.165) is 13.1 Å². The zero-order valence-electron chi connectivity index (χ0n) is 20.3. The van der Waals surface area contributed by atoms with Gasteiger partial charge in [-0.1, -0.05) is 82.4 Å². The summed E-state index contributed by atoms with van der Waals surface area (Å²) in [5.74, 6) is 1.72. The monoisotopic (exact) mass is 427 g/mol. The Kier molecular flexibility index (Phi) is 16.3. The fraction of sp³-hybridized carbons (Fsp3) is 0.704. The molecule has 1 unspecified atom stereocenters. The molecule has 1 rings (SSSR count). The lowest BCUT2D eigenvalue weighted by Crippen LogP contribution is -2.34. The van der Waals surface area contributed by atoms with Crippen LogP contribution in [-0.4, -0.2) is 11.5 Å². The van der Waals surface area contributed by atoms with Crippen LogP contribution >= 0.6 is 0 Å². The van der Waals surface area contributed by atoms with Crippen LogP contribution in [0.15, 0.2) is 36.8 Å². The first-order valence-electron chi connectivity index (χ1n) is 12.6. The molecule has 0 aliphatic carbocycles. The van der Waals surface area contributed by atoms with Crippen LogP contribution in [0.5, 0.6) is 0 Å². The Morgan fingerprint density at radius 1 is 1.06 bits per heavy atom. The van der Waals surface area contributed by atoms with E-state index < -0.39 is 0 Å². The molecule has 2 N–H and O–H groups in total. The minimum absolute atomic E-state index is 0.459. The largest absolute Gasteiger partial charge is 0.390 e. The lowest BCUT2D eigenvalue weighted by molar-refractivity contribution is -0.702. The summed E-state index contributed by atoms with van der Waals surface area (Å²) in [6.45, 7) is 10.3. The van der Waals surface area contributed by atoms with Crippen molar-refractivity contribution in [1.29, 1.82) is 5.26 Å². The van der Waals surface area contributed by atoms with Gasteiger partial charge in [0, 0.05) is 13.5 Å². The van der Waals surface area contributed by atoms with E-state index in [9.17, 15) is 0 Å². The van der Waals surface area contributed by atoms with Gasteiger partial charge >= 0.3 is 0 Å². The molecule has 0 saturated carbocycles. The molecule has 0 aromatic carbocycles. The van der Waals surface area contributed by atoms with Crippen LogP contribution < -0.4 is 9.88 Å². The lowest BCUT2D eigenvalue weighted by atomic mass is 9.94. The second kappa shape index (κ2) is 18.7. The number of unbranched alkanes of at least 4 members (excludes halogenated alkanes) is 11. The molecular formula is C27H47N4+. The summed E-state index contributed by atoms with van der Waals surface area (Å²) >= 11 is 0. The highest BCUT2D eigenvalue weighted by molar-refractivity contribution is 5.06. The van der Waals surface area contributed by atoms with Crippen LogP contribution in [-0.2, 0) is 6.54 Å². The number of nitriles is 1. The maximum Gasteiger partial charge on any atom is 0.251 e. The highest BCUT2D eigenvalue weighted by Gasteiger charge is 2.05. The Labute approximate surface area is 191 Å². The summed E-state index contributed by atoms with van der Waals surface area (Å²) in [5.41, 5.74) is 1.23. The molecule has 1 heterocycles. The lowest BCUT2D eigenvalue weighted by Gasteiger charge is -2.12. The topological polar surface area (TPSA) is 55.5 Å². The molecule has 0 fully saturated rings. The summed E-state index contributed by atoms with van der Waals surface area (Å²) in [6, 6.07) is 2.15. The molecule has 1 aromatic rings. The van der Waals surface area contributed by atoms with Gasteiger partial charge in [0.25, 0.3) is 5.82 Å². The summed E-state index contributed by atoms with van der Waals surface area (Å²) in [6.07, 6.45) is 26.5. The van der Waals surface area contributed by atoms with Gasteiger partial charge in [0.1, 0.15) is 12.4 Å². The molecule has 1 aromatic heterocycles. The molecule has 174 valence electrons. The number of imidazole rings is 1. The van der Waals surface area contributed by atoms with E-state index in [0.29, 0.717) is 12.3 Å². The Morgan fingerprint density at radius 3 is 2.16 bits per heavy atom. The second-order valence-electron chi connectivity index (χ2n) is 8.94. The minimum atomic E-state index is 0.459. The minimum Gasteiger partial charge on any atom is -0.390 e. The number of allylic oxidation sites excluding steroid dienone is 2. The van der Waals surface area contributed by atoms with Crippen molar-refractivity contribution in [3.8, 4) is 6.07 Å². The van der Waals surface area contributed by atoms with E-state index in [1.54, 1.807) is 0 Å². The van der Waals surface area contributed by atoms with Crippen molar-refractivity contribution >= 4 is 0 Å². The van der Waals surface area contributed by atoms with Crippen molar-refractivity contribution in [2.75, 3.05) is 6.54 Å². The highest BCUT2D eigenvalue weighted by Crippen LogP contribution is 2.19. The Hall–Kier alpha value is -2.02. The van der Waals surface area contributed by atoms with Crippen LogP contribution in [0.4, 0.5) is 0 Å². The zero-order valence-corrected chi connectivity index (χ0v) is 20.3. The van der Waals surface area contributed by atoms with Crippen molar-refractivity contribution in [3.05, 3.63) is 42.6 Å². The van der Waals surface area contributed by atoms with E-state index >= 15 is 0 Å². The number of nitrogens with zero attached hydrogens (tertiary/aromatic N) is 2. The van der Waals surface area contributed by atoms with E-state index in [1.807, 2.05) is 12.4 Å². The third kappa shape index (κ3) is 14.6. The molecule has 0 aliphatic rings. The average Bonchev–Trinajstić information content (AvgIpc) is 3.16. The number of nitrogens with one attached hydrogen (secondary N) is 2. The van der Waals surface area contributed by atoms with Crippen LogP contribution in [0, 0.1) is 24.2 Å². The molecule has 0 bridgehead atoms. The van der Waals surface area contributed by atoms with E-state index in [-0.39, 0.29) is 0 Å². The van der Waals surface area contributed by atoms with Gasteiger partial charge in [-0.15, -0.1) is 0 Å². The third-order valence-electron chi connectivity index (χ3n) is 6.10. The Morgan fingerprint density at radius 2 is 1.65 bits per heavy atom. The van der Waals surface area contributed by atoms with E-state index in [4.69, 9.17) is 5.26 Å². The predicted molar refractivity (Wildman–Crippen MR) is 131 cm³/mol. The SMILES string of the molecule is C=C(C)C(/C=C\NCCC#N)CCCCCCCCCCCCCC[n+]1cc[nH]c1C. The number of hydrogen-bond donors (Lipinski definition) is 2. The van der Waals surface area contributed by atoms with Gasteiger partial charge in [-0.3, -0.25) is 0 Å². The van der Waals surface area contributed by atoms with Gasteiger partial charge in [0.2, 0.25) is 0 Å². The number of aromatic amines is 1. The first-order valence-corrected chi connectivity index (χ1v) is 12.6. The van der Waals surface area contributed by atoms with Crippen LogP contribution in [0.1, 0.15) is 103 Å². The van der Waals surface area contributed by atoms with Crippen LogP contribution in [0.3, 0.4) is 0 Å². The molecule has 0 aliphatic heterocycles. The molecule has 0 radical (unpaired) electrons.